The average molecular weight is 309 g/mol. The molecule has 0 heteroatoms. The number of unbranched alkanes of at least 4 members (excludes halogenated alkanes) is 19. The van der Waals surface area contributed by atoms with E-state index in [4.69, 9.17) is 0 Å². The Bertz CT molecular complexity index is 153. The Labute approximate surface area is 142 Å². The third kappa shape index (κ3) is 20.0. The van der Waals surface area contributed by atoms with Crippen molar-refractivity contribution < 1.29 is 0 Å². The fourth-order valence-corrected chi connectivity index (χ4v) is 3.18. The molecule has 0 bridgehead atoms. The van der Waals surface area contributed by atoms with Gasteiger partial charge < -0.3 is 0 Å². The lowest BCUT2D eigenvalue weighted by Crippen LogP contribution is -1.84. The van der Waals surface area contributed by atoms with Crippen LogP contribution in [0.15, 0.2) is 0 Å². The van der Waals surface area contributed by atoms with Crippen LogP contribution < -0.4 is 0 Å². The first-order chi connectivity index (χ1) is 10.9. The monoisotopic (exact) mass is 308 g/mol. The van der Waals surface area contributed by atoms with E-state index in [1.54, 1.807) is 0 Å². The maximum absolute atomic E-state index is 3.90. The molecule has 0 rings (SSSR count). The molecule has 0 heterocycles. The molecular weight excluding hydrogens is 264 g/mol. The van der Waals surface area contributed by atoms with Crippen LogP contribution in [0.5, 0.6) is 0 Å². The largest absolute Gasteiger partial charge is 0.0533 e. The summed E-state index contributed by atoms with van der Waals surface area (Å²) in [6.07, 6.45) is 28.2. The second-order valence-corrected chi connectivity index (χ2v) is 7.07. The summed E-state index contributed by atoms with van der Waals surface area (Å²) in [4.78, 5) is 0. The Morgan fingerprint density at radius 2 is 0.364 bits per heavy atom. The zero-order valence-electron chi connectivity index (χ0n) is 15.6. The highest BCUT2D eigenvalue weighted by Gasteiger charge is 1.94. The smallest absolute Gasteiger partial charge is 0.0533 e. The minimum Gasteiger partial charge on any atom is -0.0533 e. The Balaban J connectivity index is 2.91. The molecule has 0 N–H and O–H groups in total. The van der Waals surface area contributed by atoms with Gasteiger partial charge in [-0.05, 0) is 0 Å². The third-order valence-electron chi connectivity index (χ3n) is 4.75. The molecule has 0 aliphatic carbocycles. The number of hydrogen-bond acceptors (Lipinski definition) is 0. The van der Waals surface area contributed by atoms with Gasteiger partial charge in [0.15, 0.2) is 0 Å². The number of hydrogen-bond donors (Lipinski definition) is 0. The van der Waals surface area contributed by atoms with Gasteiger partial charge in [0.2, 0.25) is 0 Å². The van der Waals surface area contributed by atoms with Gasteiger partial charge in [-0.1, -0.05) is 142 Å². The van der Waals surface area contributed by atoms with Crippen LogP contribution >= 0.6 is 0 Å². The predicted molar refractivity (Wildman–Crippen MR) is 103 cm³/mol. The molecule has 0 saturated heterocycles. The van der Waals surface area contributed by atoms with Crippen molar-refractivity contribution in [3.05, 3.63) is 13.8 Å². The lowest BCUT2D eigenvalue weighted by Gasteiger charge is -2.03. The van der Waals surface area contributed by atoms with Crippen LogP contribution in [0.4, 0.5) is 0 Å². The van der Waals surface area contributed by atoms with Gasteiger partial charge in [-0.15, -0.1) is 0 Å². The first-order valence-corrected chi connectivity index (χ1v) is 10.5. The van der Waals surface area contributed by atoms with Crippen molar-refractivity contribution in [2.45, 2.75) is 128 Å². The Kier molecular flexibility index (Phi) is 21.0. The molecule has 0 nitrogen and oxygen atoms in total. The minimum atomic E-state index is 1.12. The van der Waals surface area contributed by atoms with Crippen molar-refractivity contribution in [2.75, 3.05) is 0 Å². The van der Waals surface area contributed by atoms with Gasteiger partial charge in [0.1, 0.15) is 0 Å². The van der Waals surface area contributed by atoms with E-state index in [-0.39, 0.29) is 0 Å². The molecule has 0 fully saturated rings. The second-order valence-electron chi connectivity index (χ2n) is 7.07. The van der Waals surface area contributed by atoms with Gasteiger partial charge >= 0.3 is 0 Å². The van der Waals surface area contributed by atoms with E-state index in [2.05, 4.69) is 13.8 Å². The second kappa shape index (κ2) is 21.0. The summed E-state index contributed by atoms with van der Waals surface area (Å²) in [6, 6.07) is 0. The van der Waals surface area contributed by atoms with Gasteiger partial charge in [-0.25, -0.2) is 0 Å². The van der Waals surface area contributed by atoms with Crippen molar-refractivity contribution in [1.82, 2.24) is 0 Å². The van der Waals surface area contributed by atoms with Crippen LogP contribution in [-0.2, 0) is 0 Å². The molecule has 0 amide bonds. The standard InChI is InChI=1S/C22H44/c1-3-5-7-9-11-13-15-17-19-21-22-20-18-16-14-12-10-8-6-4-2/h1-22H2. The van der Waals surface area contributed by atoms with Crippen LogP contribution in [0.3, 0.4) is 0 Å². The third-order valence-corrected chi connectivity index (χ3v) is 4.75. The zero-order valence-corrected chi connectivity index (χ0v) is 15.6. The van der Waals surface area contributed by atoms with Crippen LogP contribution in [0.25, 0.3) is 0 Å². The lowest BCUT2D eigenvalue weighted by atomic mass is 10.0. The van der Waals surface area contributed by atoms with E-state index in [9.17, 15) is 0 Å². The first kappa shape index (κ1) is 22.0. The summed E-state index contributed by atoms with van der Waals surface area (Å²) in [5.41, 5.74) is 0. The maximum Gasteiger partial charge on any atom is -0.0533 e. The summed E-state index contributed by atoms with van der Waals surface area (Å²) >= 11 is 0. The molecule has 0 unspecified atom stereocenters. The molecule has 0 aliphatic rings. The van der Waals surface area contributed by atoms with Crippen LogP contribution in [0, 0.1) is 13.8 Å². The Hall–Kier alpha value is 0. The fraction of sp³-hybridized carbons (Fsp3) is 0.909. The highest BCUT2D eigenvalue weighted by Crippen LogP contribution is 2.14. The van der Waals surface area contributed by atoms with Gasteiger partial charge in [0, 0.05) is 0 Å². The summed E-state index contributed by atoms with van der Waals surface area (Å²) in [5.74, 6) is 0. The number of rotatable bonds is 19. The highest BCUT2D eigenvalue weighted by atomic mass is 14.0. The Morgan fingerprint density at radius 3 is 0.500 bits per heavy atom. The van der Waals surface area contributed by atoms with Crippen LogP contribution in [-0.4, -0.2) is 0 Å². The zero-order chi connectivity index (χ0) is 16.1. The quantitative estimate of drug-likeness (QED) is 0.210. The van der Waals surface area contributed by atoms with Crippen molar-refractivity contribution in [3.63, 3.8) is 0 Å². The van der Waals surface area contributed by atoms with Crippen molar-refractivity contribution in [2.24, 2.45) is 0 Å². The Morgan fingerprint density at radius 1 is 0.227 bits per heavy atom. The van der Waals surface area contributed by atoms with Gasteiger partial charge in [-0.3, -0.25) is 0 Å². The molecular formula is C22H44. The molecule has 0 aromatic heterocycles. The molecule has 22 heavy (non-hydrogen) atoms. The van der Waals surface area contributed by atoms with Crippen molar-refractivity contribution in [1.29, 1.82) is 0 Å². The normalized spacial score (nSPS) is 11.2. The van der Waals surface area contributed by atoms with Gasteiger partial charge in [0.25, 0.3) is 0 Å². The first-order valence-electron chi connectivity index (χ1n) is 10.5. The van der Waals surface area contributed by atoms with E-state index in [1.807, 2.05) is 0 Å². The molecule has 0 atom stereocenters. The topological polar surface area (TPSA) is 0 Å². The molecule has 0 aromatic carbocycles. The van der Waals surface area contributed by atoms with Gasteiger partial charge in [-0.2, -0.15) is 0 Å². The average Bonchev–Trinajstić information content (AvgIpc) is 2.54. The van der Waals surface area contributed by atoms with Gasteiger partial charge in [0.05, 0.1) is 0 Å². The highest BCUT2D eigenvalue weighted by molar-refractivity contribution is 4.51. The summed E-state index contributed by atoms with van der Waals surface area (Å²) in [5, 5.41) is 0. The molecule has 0 aromatic rings. The summed E-state index contributed by atoms with van der Waals surface area (Å²) in [7, 11) is 0. The fourth-order valence-electron chi connectivity index (χ4n) is 3.18. The molecule has 2 radical (unpaired) electrons. The van der Waals surface area contributed by atoms with Crippen LogP contribution in [0.1, 0.15) is 128 Å². The molecule has 132 valence electrons. The molecule has 0 spiro atoms. The summed E-state index contributed by atoms with van der Waals surface area (Å²) < 4.78 is 0. The van der Waals surface area contributed by atoms with E-state index < -0.39 is 0 Å². The maximum atomic E-state index is 3.90. The predicted octanol–water partition coefficient (Wildman–Crippen LogP) is 8.46. The molecule has 0 aliphatic heterocycles. The summed E-state index contributed by atoms with van der Waals surface area (Å²) in [6.45, 7) is 7.80. The van der Waals surface area contributed by atoms with E-state index >= 15 is 0 Å². The van der Waals surface area contributed by atoms with E-state index in [0.29, 0.717) is 0 Å². The minimum absolute atomic E-state index is 1.12. The lowest BCUT2D eigenvalue weighted by molar-refractivity contribution is 0.524. The van der Waals surface area contributed by atoms with Crippen LogP contribution in [0.2, 0.25) is 0 Å². The van der Waals surface area contributed by atoms with Crippen molar-refractivity contribution in [3.8, 4) is 0 Å². The SMILES string of the molecule is [CH2]CCCCCCCCCCCCCCCCCCCC[CH2]. The molecule has 0 saturated carbocycles. The van der Waals surface area contributed by atoms with E-state index in [0.717, 1.165) is 12.8 Å². The van der Waals surface area contributed by atoms with E-state index in [1.165, 1.54) is 116 Å². The van der Waals surface area contributed by atoms with Crippen molar-refractivity contribution >= 4 is 0 Å².